The van der Waals surface area contributed by atoms with Crippen LogP contribution in [0.2, 0.25) is 0 Å². The zero-order chi connectivity index (χ0) is 10.7. The van der Waals surface area contributed by atoms with Crippen LogP contribution in [0, 0.1) is 5.82 Å². The third-order valence-corrected chi connectivity index (χ3v) is 3.42. The molecule has 0 saturated carbocycles. The van der Waals surface area contributed by atoms with Gasteiger partial charge in [-0.1, -0.05) is 0 Å². The molecule has 0 aliphatic carbocycles. The van der Waals surface area contributed by atoms with Crippen LogP contribution in [-0.2, 0) is 0 Å². The van der Waals surface area contributed by atoms with E-state index in [9.17, 15) is 4.39 Å². The van der Waals surface area contributed by atoms with Gasteiger partial charge in [-0.3, -0.25) is 4.90 Å². The molecule has 1 aliphatic rings. The highest BCUT2D eigenvalue weighted by Crippen LogP contribution is 2.19. The summed E-state index contributed by atoms with van der Waals surface area (Å²) in [7, 11) is 0. The third kappa shape index (κ3) is 3.19. The van der Waals surface area contributed by atoms with Gasteiger partial charge in [-0.05, 0) is 24.3 Å². The van der Waals surface area contributed by atoms with Crippen LogP contribution in [0.15, 0.2) is 29.2 Å². The van der Waals surface area contributed by atoms with Crippen molar-refractivity contribution in [1.29, 1.82) is 0 Å². The largest absolute Gasteiger partial charge is 0.390 e. The lowest BCUT2D eigenvalue weighted by Crippen LogP contribution is -2.51. The Hall–Kier alpha value is -0.580. The van der Waals surface area contributed by atoms with E-state index < -0.39 is 0 Å². The molecule has 15 heavy (non-hydrogen) atoms. The van der Waals surface area contributed by atoms with Crippen LogP contribution < -0.4 is 0 Å². The number of rotatable bonds is 4. The van der Waals surface area contributed by atoms with E-state index in [1.807, 2.05) is 0 Å². The minimum atomic E-state index is -0.190. The van der Waals surface area contributed by atoms with Crippen molar-refractivity contribution in [2.24, 2.45) is 0 Å². The number of nitrogens with zero attached hydrogens (tertiary/aromatic N) is 1. The number of hydrogen-bond acceptors (Lipinski definition) is 3. The quantitative estimate of drug-likeness (QED) is 0.790. The summed E-state index contributed by atoms with van der Waals surface area (Å²) in [5.74, 6) is 0.795. The molecular formula is C11H14FNOS. The summed E-state index contributed by atoms with van der Waals surface area (Å²) in [6.07, 6.45) is -0.124. The van der Waals surface area contributed by atoms with E-state index in [1.165, 1.54) is 12.1 Å². The minimum Gasteiger partial charge on any atom is -0.390 e. The number of benzene rings is 1. The highest BCUT2D eigenvalue weighted by Gasteiger charge is 2.23. The lowest BCUT2D eigenvalue weighted by atomic mass is 10.2. The van der Waals surface area contributed by atoms with Crippen molar-refractivity contribution < 1.29 is 9.50 Å². The number of halogens is 1. The molecule has 1 saturated heterocycles. The molecular weight excluding hydrogens is 213 g/mol. The standard InChI is InChI=1S/C11H14FNOS/c12-9-1-3-11(4-2-9)15-6-5-13-7-10(14)8-13/h1-4,10,14H,5-8H2. The number of thioether (sulfide) groups is 1. The molecule has 1 N–H and O–H groups in total. The molecule has 1 heterocycles. The molecule has 0 aromatic heterocycles. The Morgan fingerprint density at radius 3 is 2.60 bits per heavy atom. The molecule has 0 radical (unpaired) electrons. The summed E-state index contributed by atoms with van der Waals surface area (Å²) in [5, 5.41) is 9.08. The Labute approximate surface area is 93.1 Å². The fraction of sp³-hybridized carbons (Fsp3) is 0.455. The molecule has 0 bridgehead atoms. The number of β-amino-alcohol motifs (C(OH)–C–C–N with tert-alkyl or cyclic N) is 1. The van der Waals surface area contributed by atoms with E-state index >= 15 is 0 Å². The molecule has 1 aliphatic heterocycles. The average molecular weight is 227 g/mol. The predicted octanol–water partition coefficient (Wildman–Crippen LogP) is 1.59. The monoisotopic (exact) mass is 227 g/mol. The highest BCUT2D eigenvalue weighted by molar-refractivity contribution is 7.99. The Bertz CT molecular complexity index is 311. The van der Waals surface area contributed by atoms with E-state index in [-0.39, 0.29) is 11.9 Å². The van der Waals surface area contributed by atoms with Gasteiger partial charge < -0.3 is 5.11 Å². The predicted molar refractivity (Wildman–Crippen MR) is 59.6 cm³/mol. The van der Waals surface area contributed by atoms with Gasteiger partial charge in [0.2, 0.25) is 0 Å². The Morgan fingerprint density at radius 2 is 2.00 bits per heavy atom. The topological polar surface area (TPSA) is 23.5 Å². The second kappa shape index (κ2) is 4.96. The van der Waals surface area contributed by atoms with Gasteiger partial charge >= 0.3 is 0 Å². The summed E-state index contributed by atoms with van der Waals surface area (Å²) in [5.41, 5.74) is 0. The van der Waals surface area contributed by atoms with Crippen molar-refractivity contribution >= 4 is 11.8 Å². The molecule has 82 valence electrons. The van der Waals surface area contributed by atoms with Crippen molar-refractivity contribution in [2.75, 3.05) is 25.4 Å². The molecule has 0 unspecified atom stereocenters. The number of hydrogen-bond donors (Lipinski definition) is 1. The molecule has 2 nitrogen and oxygen atoms in total. The van der Waals surface area contributed by atoms with Crippen LogP contribution in [0.5, 0.6) is 0 Å². The van der Waals surface area contributed by atoms with E-state index in [0.717, 1.165) is 30.3 Å². The Balaban J connectivity index is 1.67. The number of likely N-dealkylation sites (tertiary alicyclic amines) is 1. The lowest BCUT2D eigenvalue weighted by Gasteiger charge is -2.35. The van der Waals surface area contributed by atoms with E-state index in [2.05, 4.69) is 4.90 Å². The molecule has 0 atom stereocenters. The maximum Gasteiger partial charge on any atom is 0.123 e. The van der Waals surface area contributed by atoms with Gasteiger partial charge in [-0.2, -0.15) is 0 Å². The van der Waals surface area contributed by atoms with Crippen LogP contribution in [0.3, 0.4) is 0 Å². The molecule has 0 amide bonds. The van der Waals surface area contributed by atoms with E-state index in [4.69, 9.17) is 5.11 Å². The van der Waals surface area contributed by atoms with Gasteiger partial charge in [0.1, 0.15) is 5.82 Å². The molecule has 0 spiro atoms. The number of aliphatic hydroxyl groups is 1. The molecule has 2 rings (SSSR count). The fourth-order valence-electron chi connectivity index (χ4n) is 1.55. The first-order valence-corrected chi connectivity index (χ1v) is 6.01. The van der Waals surface area contributed by atoms with Crippen molar-refractivity contribution in [1.82, 2.24) is 4.90 Å². The normalized spacial score (nSPS) is 17.7. The first-order chi connectivity index (χ1) is 7.24. The van der Waals surface area contributed by atoms with Crippen molar-refractivity contribution in [3.63, 3.8) is 0 Å². The van der Waals surface area contributed by atoms with Crippen LogP contribution in [0.4, 0.5) is 4.39 Å². The Kier molecular flexibility index (Phi) is 3.61. The van der Waals surface area contributed by atoms with Gasteiger partial charge in [0, 0.05) is 30.3 Å². The first kappa shape index (κ1) is 10.9. The SMILES string of the molecule is OC1CN(CCSc2ccc(F)cc2)C1. The average Bonchev–Trinajstić information content (AvgIpc) is 2.18. The maximum absolute atomic E-state index is 12.6. The highest BCUT2D eigenvalue weighted by atomic mass is 32.2. The Morgan fingerprint density at radius 1 is 1.33 bits per heavy atom. The zero-order valence-electron chi connectivity index (χ0n) is 8.40. The summed E-state index contributed by atoms with van der Waals surface area (Å²) < 4.78 is 12.6. The molecule has 4 heteroatoms. The third-order valence-electron chi connectivity index (χ3n) is 2.43. The molecule has 1 aromatic rings. The first-order valence-electron chi connectivity index (χ1n) is 5.03. The van der Waals surface area contributed by atoms with Crippen LogP contribution >= 0.6 is 11.8 Å². The minimum absolute atomic E-state index is 0.124. The number of aliphatic hydroxyl groups excluding tert-OH is 1. The van der Waals surface area contributed by atoms with E-state index in [0.29, 0.717) is 0 Å². The van der Waals surface area contributed by atoms with Gasteiger partial charge in [-0.15, -0.1) is 11.8 Å². The van der Waals surface area contributed by atoms with Gasteiger partial charge in [0.25, 0.3) is 0 Å². The summed E-state index contributed by atoms with van der Waals surface area (Å²) >= 11 is 1.72. The van der Waals surface area contributed by atoms with E-state index in [1.54, 1.807) is 23.9 Å². The second-order valence-electron chi connectivity index (χ2n) is 3.72. The molecule has 1 fully saturated rings. The summed E-state index contributed by atoms with van der Waals surface area (Å²) in [4.78, 5) is 3.30. The second-order valence-corrected chi connectivity index (χ2v) is 4.88. The lowest BCUT2D eigenvalue weighted by molar-refractivity contribution is 0.00648. The van der Waals surface area contributed by atoms with Crippen molar-refractivity contribution in [3.05, 3.63) is 30.1 Å². The van der Waals surface area contributed by atoms with Crippen LogP contribution in [0.25, 0.3) is 0 Å². The smallest absolute Gasteiger partial charge is 0.123 e. The van der Waals surface area contributed by atoms with Crippen molar-refractivity contribution in [2.45, 2.75) is 11.0 Å². The van der Waals surface area contributed by atoms with Gasteiger partial charge in [0.15, 0.2) is 0 Å². The fourth-order valence-corrected chi connectivity index (χ4v) is 2.46. The van der Waals surface area contributed by atoms with Gasteiger partial charge in [0.05, 0.1) is 6.10 Å². The van der Waals surface area contributed by atoms with Gasteiger partial charge in [-0.25, -0.2) is 4.39 Å². The molecule has 1 aromatic carbocycles. The maximum atomic E-state index is 12.6. The van der Waals surface area contributed by atoms with Crippen LogP contribution in [0.1, 0.15) is 0 Å². The van der Waals surface area contributed by atoms with Crippen molar-refractivity contribution in [3.8, 4) is 0 Å². The van der Waals surface area contributed by atoms with Crippen LogP contribution in [-0.4, -0.2) is 41.5 Å². The zero-order valence-corrected chi connectivity index (χ0v) is 9.21. The summed E-state index contributed by atoms with van der Waals surface area (Å²) in [6, 6.07) is 6.56. The summed E-state index contributed by atoms with van der Waals surface area (Å²) in [6.45, 7) is 2.58.